The van der Waals surface area contributed by atoms with Crippen molar-refractivity contribution >= 4 is 25.1 Å². The van der Waals surface area contributed by atoms with Gasteiger partial charge in [0.2, 0.25) is 0 Å². The summed E-state index contributed by atoms with van der Waals surface area (Å²) < 4.78 is 66.7. The van der Waals surface area contributed by atoms with Crippen molar-refractivity contribution in [1.82, 2.24) is 19.6 Å². The molecule has 1 unspecified atom stereocenters. The number of esters is 1. The molecular weight excluding hydrogens is 601 g/mol. The molecule has 1 aliphatic heterocycles. The summed E-state index contributed by atoms with van der Waals surface area (Å²) in [6.45, 7) is 4.70. The van der Waals surface area contributed by atoms with Crippen LogP contribution in [0.4, 0.5) is 8.78 Å². The predicted molar refractivity (Wildman–Crippen MR) is 146 cm³/mol. The molecule has 6 atom stereocenters. The first-order valence-corrected chi connectivity index (χ1v) is 15.1. The second kappa shape index (κ2) is 12.5. The quantitative estimate of drug-likeness (QED) is 0.210. The zero-order chi connectivity index (χ0) is 30.8. The van der Waals surface area contributed by atoms with Gasteiger partial charge in [-0.3, -0.25) is 23.7 Å². The molecule has 0 amide bonds. The van der Waals surface area contributed by atoms with Crippen LogP contribution in [-0.2, 0) is 23.4 Å². The fraction of sp³-hybridized carbons (Fsp3) is 0.440. The first-order chi connectivity index (χ1) is 19.7. The molecular formula is C25H29F2N4O9PS. The van der Waals surface area contributed by atoms with Gasteiger partial charge < -0.3 is 19.1 Å². The molecule has 1 aliphatic rings. The van der Waals surface area contributed by atoms with E-state index in [9.17, 15) is 24.1 Å². The minimum Gasteiger partial charge on any atom is -0.462 e. The summed E-state index contributed by atoms with van der Waals surface area (Å²) in [5.41, 5.74) is -1.79. The van der Waals surface area contributed by atoms with Gasteiger partial charge in [-0.05, 0) is 45.9 Å². The number of H-pyrrole nitrogens is 1. The average Bonchev–Trinajstić information content (AvgIpc) is 3.51. The third-order valence-corrected chi connectivity index (χ3v) is 8.38. The lowest BCUT2D eigenvalue weighted by Crippen LogP contribution is -2.43. The number of carbonyl (C=O) groups is 1. The minimum atomic E-state index is -4.66. The third-order valence-electron chi connectivity index (χ3n) is 6.17. The summed E-state index contributed by atoms with van der Waals surface area (Å²) in [5.74, 6) is -2.24. The summed E-state index contributed by atoms with van der Waals surface area (Å²) >= 11 is 1.31. The van der Waals surface area contributed by atoms with Crippen LogP contribution in [0.25, 0.3) is 11.3 Å². The molecule has 0 aliphatic carbocycles. The first kappa shape index (κ1) is 31.7. The second-order valence-corrected chi connectivity index (χ2v) is 12.3. The lowest BCUT2D eigenvalue weighted by molar-refractivity contribution is -0.149. The van der Waals surface area contributed by atoms with Crippen LogP contribution in [0.5, 0.6) is 5.75 Å². The molecule has 228 valence electrons. The molecule has 4 rings (SSSR count). The van der Waals surface area contributed by atoms with Gasteiger partial charge in [0.05, 0.1) is 23.9 Å². The standard InChI is InChI=1S/C25H29F2N4O9PS/c1-13(2)38-22(34)14(3)30-41(36,40-18-6-5-15(9-16(18)26)17-11-42-12-28-17)37-10-19-21(33)25(4,27)23(39-19)31-8-7-20(32)29-24(31)35/h5-9,11-14,19,21,23,33H,10H2,1-4H3,(H,30,36)(H,29,32,35)/t14-,19+,21+,23+,25+,41?/m0/s1. The van der Waals surface area contributed by atoms with Crippen molar-refractivity contribution in [3.8, 4) is 17.0 Å². The van der Waals surface area contributed by atoms with Gasteiger partial charge in [0.1, 0.15) is 18.2 Å². The van der Waals surface area contributed by atoms with Gasteiger partial charge in [-0.1, -0.05) is 0 Å². The molecule has 1 aromatic carbocycles. The van der Waals surface area contributed by atoms with Crippen molar-refractivity contribution in [3.63, 3.8) is 0 Å². The molecule has 3 aromatic rings. The van der Waals surface area contributed by atoms with E-state index in [-0.39, 0.29) is 0 Å². The molecule has 42 heavy (non-hydrogen) atoms. The van der Waals surface area contributed by atoms with Gasteiger partial charge in [-0.15, -0.1) is 11.3 Å². The normalized spacial score (nSPS) is 24.3. The molecule has 3 heterocycles. The number of hydrogen-bond acceptors (Lipinski definition) is 11. The lowest BCUT2D eigenvalue weighted by atomic mass is 9.98. The lowest BCUT2D eigenvalue weighted by Gasteiger charge is -2.25. The molecule has 17 heteroatoms. The Balaban J connectivity index is 1.57. The number of aliphatic hydroxyl groups excluding tert-OH is 1. The van der Waals surface area contributed by atoms with Crippen LogP contribution in [-0.4, -0.2) is 62.2 Å². The number of aliphatic hydroxyl groups is 1. The van der Waals surface area contributed by atoms with Crippen LogP contribution in [0.1, 0.15) is 33.9 Å². The van der Waals surface area contributed by atoms with E-state index >= 15 is 8.78 Å². The molecule has 0 bridgehead atoms. The molecule has 0 spiro atoms. The number of ether oxygens (including phenoxy) is 2. The Morgan fingerprint density at radius 3 is 2.69 bits per heavy atom. The highest BCUT2D eigenvalue weighted by Crippen LogP contribution is 2.48. The Hall–Kier alpha value is -3.27. The van der Waals surface area contributed by atoms with Gasteiger partial charge in [-0.25, -0.2) is 23.1 Å². The number of aromatic nitrogens is 3. The largest absolute Gasteiger partial charge is 0.462 e. The Bertz CT molecular complexity index is 1580. The van der Waals surface area contributed by atoms with Gasteiger partial charge in [0.25, 0.3) is 5.56 Å². The number of benzene rings is 1. The first-order valence-electron chi connectivity index (χ1n) is 12.6. The van der Waals surface area contributed by atoms with Crippen molar-refractivity contribution in [2.24, 2.45) is 0 Å². The van der Waals surface area contributed by atoms with Crippen molar-refractivity contribution in [3.05, 3.63) is 68.0 Å². The maximum absolute atomic E-state index is 15.6. The van der Waals surface area contributed by atoms with Crippen LogP contribution in [0, 0.1) is 5.82 Å². The molecule has 3 N–H and O–H groups in total. The monoisotopic (exact) mass is 630 g/mol. The molecule has 0 radical (unpaired) electrons. The van der Waals surface area contributed by atoms with E-state index in [1.54, 1.807) is 24.7 Å². The number of hydrogen-bond donors (Lipinski definition) is 3. The highest BCUT2D eigenvalue weighted by molar-refractivity contribution is 7.52. The van der Waals surface area contributed by atoms with Gasteiger partial charge in [0.15, 0.2) is 23.5 Å². The third kappa shape index (κ3) is 7.02. The van der Waals surface area contributed by atoms with Crippen LogP contribution in [0.2, 0.25) is 0 Å². The van der Waals surface area contributed by atoms with E-state index < -0.39 is 79.4 Å². The highest BCUT2D eigenvalue weighted by Gasteiger charge is 2.56. The SMILES string of the molecule is CC(C)OC(=O)[C@H](C)NP(=O)(OC[C@H]1O[C@@H](n2ccc(=O)[nH]c2=O)[C@](C)(F)[C@@H]1O)Oc1ccc(-c2cscn2)cc1F. The number of thiazole rings is 1. The molecule has 1 fully saturated rings. The van der Waals surface area contributed by atoms with Crippen LogP contribution >= 0.6 is 19.1 Å². The maximum Gasteiger partial charge on any atom is 0.459 e. The van der Waals surface area contributed by atoms with Crippen LogP contribution in [0.15, 0.2) is 50.9 Å². The average molecular weight is 631 g/mol. The maximum atomic E-state index is 15.6. The fourth-order valence-corrected chi connectivity index (χ4v) is 6.14. The van der Waals surface area contributed by atoms with Gasteiger partial charge >= 0.3 is 19.4 Å². The number of aromatic amines is 1. The zero-order valence-corrected chi connectivity index (χ0v) is 24.6. The predicted octanol–water partition coefficient (Wildman–Crippen LogP) is 2.92. The van der Waals surface area contributed by atoms with E-state index in [0.717, 1.165) is 29.8 Å². The zero-order valence-electron chi connectivity index (χ0n) is 22.9. The van der Waals surface area contributed by atoms with E-state index in [0.29, 0.717) is 11.3 Å². The topological polar surface area (TPSA) is 171 Å². The van der Waals surface area contributed by atoms with E-state index in [1.165, 1.54) is 30.4 Å². The summed E-state index contributed by atoms with van der Waals surface area (Å²) in [4.78, 5) is 42.1. The molecule has 13 nitrogen and oxygen atoms in total. The second-order valence-electron chi connectivity index (χ2n) is 9.88. The van der Waals surface area contributed by atoms with Crippen molar-refractivity contribution in [1.29, 1.82) is 0 Å². The molecule has 0 saturated carbocycles. The highest BCUT2D eigenvalue weighted by atomic mass is 32.1. The Kier molecular flexibility index (Phi) is 9.45. The van der Waals surface area contributed by atoms with Crippen molar-refractivity contribution in [2.45, 2.75) is 63.9 Å². The number of rotatable bonds is 11. The van der Waals surface area contributed by atoms with Crippen LogP contribution < -0.4 is 20.9 Å². The molecule has 1 saturated heterocycles. The van der Waals surface area contributed by atoms with Gasteiger partial charge in [0, 0.05) is 23.2 Å². The minimum absolute atomic E-state index is 0.423. The van der Waals surface area contributed by atoms with E-state index in [2.05, 4.69) is 10.1 Å². The summed E-state index contributed by atoms with van der Waals surface area (Å²) in [6.07, 6.45) is -4.63. The van der Waals surface area contributed by atoms with E-state index in [1.807, 2.05) is 4.98 Å². The van der Waals surface area contributed by atoms with Crippen molar-refractivity contribution < 1.29 is 41.8 Å². The number of carbonyl (C=O) groups excluding carboxylic acids is 1. The Morgan fingerprint density at radius 2 is 2.07 bits per heavy atom. The smallest absolute Gasteiger partial charge is 0.459 e. The Morgan fingerprint density at radius 1 is 1.33 bits per heavy atom. The van der Waals surface area contributed by atoms with Crippen LogP contribution in [0.3, 0.4) is 0 Å². The number of nitrogens with zero attached hydrogens (tertiary/aromatic N) is 2. The summed E-state index contributed by atoms with van der Waals surface area (Å²) in [5, 5.41) is 14.7. The number of alkyl halides is 1. The summed E-state index contributed by atoms with van der Waals surface area (Å²) in [6, 6.07) is 3.46. The van der Waals surface area contributed by atoms with Gasteiger partial charge in [-0.2, -0.15) is 5.09 Å². The molecule has 2 aromatic heterocycles. The van der Waals surface area contributed by atoms with Crippen molar-refractivity contribution in [2.75, 3.05) is 6.61 Å². The van der Waals surface area contributed by atoms with E-state index in [4.69, 9.17) is 18.5 Å². The summed E-state index contributed by atoms with van der Waals surface area (Å²) in [7, 11) is -4.66. The Labute approximate surface area is 242 Å². The number of halogens is 2. The fourth-order valence-electron chi connectivity index (χ4n) is 4.07. The number of nitrogens with one attached hydrogen (secondary N) is 2.